The lowest BCUT2D eigenvalue weighted by atomic mass is 10.1. The number of hydrogen-bond donors (Lipinski definition) is 2. The van der Waals surface area contributed by atoms with Gasteiger partial charge < -0.3 is 10.6 Å². The molecule has 112 valence electrons. The second-order valence-corrected chi connectivity index (χ2v) is 4.89. The highest BCUT2D eigenvalue weighted by molar-refractivity contribution is 7.80. The summed E-state index contributed by atoms with van der Waals surface area (Å²) in [6.45, 7) is 2.79. The van der Waals surface area contributed by atoms with Crippen molar-refractivity contribution >= 4 is 23.0 Å². The van der Waals surface area contributed by atoms with Gasteiger partial charge in [-0.15, -0.1) is 0 Å². The third-order valence-corrected chi connectivity index (χ3v) is 3.04. The molecule has 2 N–H and O–H groups in total. The van der Waals surface area contributed by atoms with E-state index in [1.165, 1.54) is 12.1 Å². The number of nitrogens with one attached hydrogen (secondary N) is 2. The minimum Gasteiger partial charge on any atom is -0.362 e. The smallest absolute Gasteiger partial charge is 0.362 e. The second-order valence-electron chi connectivity index (χ2n) is 4.48. The van der Waals surface area contributed by atoms with Crippen molar-refractivity contribution in [2.24, 2.45) is 0 Å². The Labute approximate surface area is 122 Å². The quantitative estimate of drug-likeness (QED) is 0.594. The van der Waals surface area contributed by atoms with Crippen LogP contribution < -0.4 is 10.6 Å². The highest BCUT2D eigenvalue weighted by Gasteiger charge is 2.33. The summed E-state index contributed by atoms with van der Waals surface area (Å²) in [6, 6.07) is 5.30. The molecular formula is C14H19F3N2S. The van der Waals surface area contributed by atoms with E-state index < -0.39 is 11.7 Å². The van der Waals surface area contributed by atoms with Crippen LogP contribution in [0, 0.1) is 0 Å². The van der Waals surface area contributed by atoms with Crippen molar-refractivity contribution in [3.8, 4) is 0 Å². The lowest BCUT2D eigenvalue weighted by Gasteiger charge is -2.15. The predicted octanol–water partition coefficient (Wildman–Crippen LogP) is 4.57. The third-order valence-electron chi connectivity index (χ3n) is 2.80. The van der Waals surface area contributed by atoms with Crippen LogP contribution in [0.15, 0.2) is 24.3 Å². The van der Waals surface area contributed by atoms with E-state index in [4.69, 9.17) is 12.2 Å². The fraction of sp³-hybridized carbons (Fsp3) is 0.500. The van der Waals surface area contributed by atoms with Gasteiger partial charge in [0.25, 0.3) is 0 Å². The molecule has 0 heterocycles. The number of alkyl halides is 3. The van der Waals surface area contributed by atoms with Crippen LogP contribution in [0.5, 0.6) is 0 Å². The highest BCUT2D eigenvalue weighted by Crippen LogP contribution is 2.34. The van der Waals surface area contributed by atoms with Crippen molar-refractivity contribution in [1.29, 1.82) is 0 Å². The van der Waals surface area contributed by atoms with Gasteiger partial charge in [-0.1, -0.05) is 38.3 Å². The molecule has 0 unspecified atom stereocenters. The van der Waals surface area contributed by atoms with E-state index in [2.05, 4.69) is 17.6 Å². The number of thiocarbonyl (C=S) groups is 1. The molecule has 1 aromatic carbocycles. The average molecular weight is 304 g/mol. The van der Waals surface area contributed by atoms with E-state index in [0.29, 0.717) is 6.54 Å². The third kappa shape index (κ3) is 5.77. The van der Waals surface area contributed by atoms with E-state index >= 15 is 0 Å². The van der Waals surface area contributed by atoms with Crippen LogP contribution in [0.2, 0.25) is 0 Å². The van der Waals surface area contributed by atoms with Crippen molar-refractivity contribution < 1.29 is 13.2 Å². The number of anilines is 1. The standard InChI is InChI=1S/C14H19F3N2S/c1-2-3-4-7-10-18-13(20)19-12-9-6-5-8-11(12)14(15,16)17/h5-6,8-9H,2-4,7,10H2,1H3,(H2,18,19,20). The minimum atomic E-state index is -4.39. The van der Waals surface area contributed by atoms with Gasteiger partial charge in [-0.05, 0) is 30.8 Å². The Morgan fingerprint density at radius 3 is 2.50 bits per heavy atom. The number of para-hydroxylation sites is 1. The molecule has 0 bridgehead atoms. The van der Waals surface area contributed by atoms with Gasteiger partial charge in [0.2, 0.25) is 0 Å². The summed E-state index contributed by atoms with van der Waals surface area (Å²) in [7, 11) is 0. The topological polar surface area (TPSA) is 24.1 Å². The Balaban J connectivity index is 2.50. The molecule has 6 heteroatoms. The normalized spacial score (nSPS) is 11.2. The van der Waals surface area contributed by atoms with Gasteiger partial charge in [0, 0.05) is 6.54 Å². The maximum Gasteiger partial charge on any atom is 0.418 e. The van der Waals surface area contributed by atoms with Crippen LogP contribution in [-0.4, -0.2) is 11.7 Å². The summed E-state index contributed by atoms with van der Waals surface area (Å²) in [5, 5.41) is 5.75. The fourth-order valence-corrected chi connectivity index (χ4v) is 1.97. The molecule has 0 saturated carbocycles. The van der Waals surface area contributed by atoms with Crippen LogP contribution in [0.1, 0.15) is 38.2 Å². The first-order valence-corrected chi connectivity index (χ1v) is 7.07. The molecule has 0 atom stereocenters. The number of hydrogen-bond acceptors (Lipinski definition) is 1. The van der Waals surface area contributed by atoms with Gasteiger partial charge in [0.1, 0.15) is 0 Å². The summed E-state index contributed by atoms with van der Waals surface area (Å²) in [5.74, 6) is 0. The summed E-state index contributed by atoms with van der Waals surface area (Å²) in [4.78, 5) is 0. The van der Waals surface area contributed by atoms with E-state index in [-0.39, 0.29) is 10.8 Å². The van der Waals surface area contributed by atoms with E-state index in [1.807, 2.05) is 0 Å². The molecule has 0 amide bonds. The molecule has 0 aliphatic carbocycles. The van der Waals surface area contributed by atoms with Crippen molar-refractivity contribution in [2.75, 3.05) is 11.9 Å². The second kappa shape index (κ2) is 8.09. The Morgan fingerprint density at radius 2 is 1.85 bits per heavy atom. The van der Waals surface area contributed by atoms with Crippen molar-refractivity contribution in [3.05, 3.63) is 29.8 Å². The van der Waals surface area contributed by atoms with Crippen molar-refractivity contribution in [1.82, 2.24) is 5.32 Å². The first-order valence-electron chi connectivity index (χ1n) is 6.66. The molecule has 20 heavy (non-hydrogen) atoms. The fourth-order valence-electron chi connectivity index (χ4n) is 1.76. The summed E-state index contributed by atoms with van der Waals surface area (Å²) in [6.07, 6.45) is -0.0530. The lowest BCUT2D eigenvalue weighted by molar-refractivity contribution is -0.136. The van der Waals surface area contributed by atoms with E-state index in [0.717, 1.165) is 31.7 Å². The molecule has 1 aromatic rings. The lowest BCUT2D eigenvalue weighted by Crippen LogP contribution is -2.30. The summed E-state index contributed by atoms with van der Waals surface area (Å²) in [5.41, 5.74) is -0.735. The molecule has 0 aliphatic heterocycles. The Morgan fingerprint density at radius 1 is 1.15 bits per heavy atom. The molecule has 0 radical (unpaired) electrons. The SMILES string of the molecule is CCCCCCNC(=S)Nc1ccccc1C(F)(F)F. The molecule has 0 aromatic heterocycles. The van der Waals surface area contributed by atoms with Crippen LogP contribution >= 0.6 is 12.2 Å². The van der Waals surface area contributed by atoms with Gasteiger partial charge in [-0.2, -0.15) is 13.2 Å². The molecule has 0 spiro atoms. The minimum absolute atomic E-state index is 0.0222. The number of halogens is 3. The molecule has 0 aliphatic rings. The number of unbranched alkanes of at least 4 members (excludes halogenated alkanes) is 3. The molecule has 0 saturated heterocycles. The molecule has 0 fully saturated rings. The zero-order valence-electron chi connectivity index (χ0n) is 11.4. The zero-order valence-corrected chi connectivity index (χ0v) is 12.2. The maximum absolute atomic E-state index is 12.8. The van der Waals surface area contributed by atoms with Crippen molar-refractivity contribution in [3.63, 3.8) is 0 Å². The number of rotatable bonds is 6. The Bertz CT molecular complexity index is 433. The number of benzene rings is 1. The van der Waals surface area contributed by atoms with Crippen LogP contribution in [0.4, 0.5) is 18.9 Å². The van der Waals surface area contributed by atoms with Gasteiger partial charge in [0.15, 0.2) is 5.11 Å². The van der Waals surface area contributed by atoms with Gasteiger partial charge in [-0.3, -0.25) is 0 Å². The monoisotopic (exact) mass is 304 g/mol. The largest absolute Gasteiger partial charge is 0.418 e. The highest BCUT2D eigenvalue weighted by atomic mass is 32.1. The van der Waals surface area contributed by atoms with Crippen molar-refractivity contribution in [2.45, 2.75) is 38.8 Å². The van der Waals surface area contributed by atoms with Gasteiger partial charge >= 0.3 is 6.18 Å². The summed E-state index contributed by atoms with van der Waals surface area (Å²) >= 11 is 5.01. The van der Waals surface area contributed by atoms with E-state index in [1.54, 1.807) is 6.07 Å². The van der Waals surface area contributed by atoms with Crippen LogP contribution in [0.3, 0.4) is 0 Å². The predicted molar refractivity (Wildman–Crippen MR) is 79.8 cm³/mol. The maximum atomic E-state index is 12.8. The van der Waals surface area contributed by atoms with Crippen LogP contribution in [0.25, 0.3) is 0 Å². The molecule has 2 nitrogen and oxygen atoms in total. The first-order chi connectivity index (χ1) is 9.45. The zero-order chi connectivity index (χ0) is 15.0. The Hall–Kier alpha value is -1.30. The van der Waals surface area contributed by atoms with Gasteiger partial charge in [-0.25, -0.2) is 0 Å². The van der Waals surface area contributed by atoms with Crippen LogP contribution in [-0.2, 0) is 6.18 Å². The van der Waals surface area contributed by atoms with E-state index in [9.17, 15) is 13.2 Å². The average Bonchev–Trinajstić information content (AvgIpc) is 2.38. The van der Waals surface area contributed by atoms with Gasteiger partial charge in [0.05, 0.1) is 11.3 Å². The Kier molecular flexibility index (Phi) is 6.78. The summed E-state index contributed by atoms with van der Waals surface area (Å²) < 4.78 is 38.4. The molecule has 1 rings (SSSR count). The molecular weight excluding hydrogens is 285 g/mol. The first kappa shape index (κ1) is 16.8.